The van der Waals surface area contributed by atoms with E-state index in [0.717, 1.165) is 0 Å². The lowest BCUT2D eigenvalue weighted by atomic mass is 10.1. The van der Waals surface area contributed by atoms with E-state index in [-0.39, 0.29) is 16.7 Å². The van der Waals surface area contributed by atoms with Crippen LogP contribution in [0.15, 0.2) is 29.2 Å². The van der Waals surface area contributed by atoms with Crippen LogP contribution in [-0.4, -0.2) is 53.6 Å². The van der Waals surface area contributed by atoms with Gasteiger partial charge in [0.1, 0.15) is 16.7 Å². The van der Waals surface area contributed by atoms with Crippen molar-refractivity contribution in [1.29, 1.82) is 0 Å². The quantitative estimate of drug-likeness (QED) is 0.831. The zero-order valence-corrected chi connectivity index (χ0v) is 14.2. The molecule has 0 radical (unpaired) electrons. The second kappa shape index (κ2) is 6.53. The Bertz CT molecular complexity index is 723. The van der Waals surface area contributed by atoms with Gasteiger partial charge in [-0.15, -0.1) is 0 Å². The molecule has 2 rings (SSSR count). The van der Waals surface area contributed by atoms with Gasteiger partial charge in [0.25, 0.3) is 0 Å². The van der Waals surface area contributed by atoms with Gasteiger partial charge >= 0.3 is 0 Å². The molecule has 1 aliphatic heterocycles. The third kappa shape index (κ3) is 3.97. The average molecular weight is 348 g/mol. The van der Waals surface area contributed by atoms with Crippen LogP contribution >= 0.6 is 0 Å². The largest absolute Gasteiger partial charge is 0.489 e. The summed E-state index contributed by atoms with van der Waals surface area (Å²) in [6.45, 7) is 0.759. The van der Waals surface area contributed by atoms with E-state index in [9.17, 15) is 16.8 Å². The molecule has 1 saturated heterocycles. The number of ether oxygens (including phenoxy) is 1. The molecule has 1 N–H and O–H groups in total. The lowest BCUT2D eigenvalue weighted by molar-refractivity contribution is 0.132. The minimum atomic E-state index is -3.59. The molecule has 0 atom stereocenters. The SMILES string of the molecule is CNS(=O)(=O)c1ccccc1OC1CCN(S(C)(=O)=O)CC1. The van der Waals surface area contributed by atoms with Crippen LogP contribution in [0.25, 0.3) is 0 Å². The van der Waals surface area contributed by atoms with Gasteiger partial charge in [-0.1, -0.05) is 12.1 Å². The maximum atomic E-state index is 12.0. The van der Waals surface area contributed by atoms with Crippen LogP contribution in [0.4, 0.5) is 0 Å². The predicted molar refractivity (Wildman–Crippen MR) is 82.8 cm³/mol. The van der Waals surface area contributed by atoms with Crippen molar-refractivity contribution in [3.8, 4) is 5.75 Å². The fourth-order valence-electron chi connectivity index (χ4n) is 2.34. The van der Waals surface area contributed by atoms with Gasteiger partial charge in [0.2, 0.25) is 20.0 Å². The average Bonchev–Trinajstić information content (AvgIpc) is 2.47. The zero-order valence-electron chi connectivity index (χ0n) is 12.5. The second-order valence-electron chi connectivity index (χ2n) is 5.13. The molecule has 1 aliphatic rings. The smallest absolute Gasteiger partial charge is 0.243 e. The highest BCUT2D eigenvalue weighted by Gasteiger charge is 2.27. The second-order valence-corrected chi connectivity index (χ2v) is 8.97. The molecule has 22 heavy (non-hydrogen) atoms. The highest BCUT2D eigenvalue weighted by atomic mass is 32.2. The monoisotopic (exact) mass is 348 g/mol. The fraction of sp³-hybridized carbons (Fsp3) is 0.538. The number of rotatable bonds is 5. The van der Waals surface area contributed by atoms with Gasteiger partial charge in [-0.05, 0) is 32.0 Å². The summed E-state index contributed by atoms with van der Waals surface area (Å²) >= 11 is 0. The lowest BCUT2D eigenvalue weighted by Crippen LogP contribution is -2.41. The zero-order chi connectivity index (χ0) is 16.4. The molecule has 0 amide bonds. The summed E-state index contributed by atoms with van der Waals surface area (Å²) in [6, 6.07) is 6.42. The van der Waals surface area contributed by atoms with E-state index in [1.807, 2.05) is 0 Å². The summed E-state index contributed by atoms with van der Waals surface area (Å²) in [5.74, 6) is 0.287. The molecular weight excluding hydrogens is 328 g/mol. The van der Waals surface area contributed by atoms with E-state index in [1.54, 1.807) is 18.2 Å². The van der Waals surface area contributed by atoms with Crippen LogP contribution in [0, 0.1) is 0 Å². The minimum absolute atomic E-state index is 0.0862. The Kier molecular flexibility index (Phi) is 5.10. The molecule has 1 aromatic carbocycles. The highest BCUT2D eigenvalue weighted by molar-refractivity contribution is 7.89. The van der Waals surface area contributed by atoms with E-state index < -0.39 is 20.0 Å². The molecule has 1 fully saturated rings. The Hall–Kier alpha value is -1.16. The third-order valence-corrected chi connectivity index (χ3v) is 6.33. The van der Waals surface area contributed by atoms with Gasteiger partial charge in [0.05, 0.1) is 6.26 Å². The van der Waals surface area contributed by atoms with E-state index >= 15 is 0 Å². The first kappa shape index (κ1) is 17.2. The first-order valence-corrected chi connectivity index (χ1v) is 10.2. The predicted octanol–water partition coefficient (Wildman–Crippen LogP) is 0.397. The molecule has 0 spiro atoms. The lowest BCUT2D eigenvalue weighted by Gasteiger charge is -2.30. The molecule has 7 nitrogen and oxygen atoms in total. The van der Waals surface area contributed by atoms with Crippen LogP contribution in [0.5, 0.6) is 5.75 Å². The molecule has 0 saturated carbocycles. The normalized spacial score (nSPS) is 18.3. The van der Waals surface area contributed by atoms with Crippen molar-refractivity contribution in [3.63, 3.8) is 0 Å². The minimum Gasteiger partial charge on any atom is -0.489 e. The molecular formula is C13H20N2O5S2. The van der Waals surface area contributed by atoms with Crippen LogP contribution in [0.1, 0.15) is 12.8 Å². The van der Waals surface area contributed by atoms with Crippen LogP contribution in [-0.2, 0) is 20.0 Å². The van der Waals surface area contributed by atoms with Crippen molar-refractivity contribution in [2.75, 3.05) is 26.4 Å². The number of hydrogen-bond acceptors (Lipinski definition) is 5. The molecule has 0 unspecified atom stereocenters. The summed E-state index contributed by atoms with van der Waals surface area (Å²) in [5, 5.41) is 0. The summed E-state index contributed by atoms with van der Waals surface area (Å²) in [6.07, 6.45) is 2.04. The van der Waals surface area contributed by atoms with Gasteiger partial charge in [0.15, 0.2) is 0 Å². The summed E-state index contributed by atoms with van der Waals surface area (Å²) in [4.78, 5) is 0.0862. The molecule has 9 heteroatoms. The van der Waals surface area contributed by atoms with Gasteiger partial charge in [-0.25, -0.2) is 25.9 Å². The summed E-state index contributed by atoms with van der Waals surface area (Å²) in [7, 11) is -5.44. The maximum absolute atomic E-state index is 12.0. The summed E-state index contributed by atoms with van der Waals surface area (Å²) in [5.41, 5.74) is 0. The van der Waals surface area contributed by atoms with Crippen LogP contribution in [0.2, 0.25) is 0 Å². The molecule has 1 heterocycles. The van der Waals surface area contributed by atoms with E-state index in [4.69, 9.17) is 4.74 Å². The van der Waals surface area contributed by atoms with Crippen molar-refractivity contribution < 1.29 is 21.6 Å². The standard InChI is InChI=1S/C13H20N2O5S2/c1-14-22(18,19)13-6-4-3-5-12(13)20-11-7-9-15(10-8-11)21(2,16)17/h3-6,11,14H,7-10H2,1-2H3. The van der Waals surface area contributed by atoms with E-state index in [1.165, 1.54) is 23.7 Å². The Balaban J connectivity index is 2.11. The number of hydrogen-bond donors (Lipinski definition) is 1. The number of para-hydroxylation sites is 1. The van der Waals surface area contributed by atoms with Gasteiger partial charge in [0, 0.05) is 13.1 Å². The first-order chi connectivity index (χ1) is 10.2. The number of sulfonamides is 2. The molecule has 1 aromatic rings. The van der Waals surface area contributed by atoms with Crippen molar-refractivity contribution in [2.45, 2.75) is 23.8 Å². The van der Waals surface area contributed by atoms with Crippen LogP contribution in [0.3, 0.4) is 0 Å². The maximum Gasteiger partial charge on any atom is 0.243 e. The Morgan fingerprint density at radius 2 is 1.73 bits per heavy atom. The van der Waals surface area contributed by atoms with Gasteiger partial charge in [-0.3, -0.25) is 0 Å². The van der Waals surface area contributed by atoms with Crippen molar-refractivity contribution in [1.82, 2.24) is 9.03 Å². The van der Waals surface area contributed by atoms with Gasteiger partial charge in [-0.2, -0.15) is 0 Å². The fourth-order valence-corrected chi connectivity index (χ4v) is 4.07. The molecule has 0 aromatic heterocycles. The van der Waals surface area contributed by atoms with Crippen molar-refractivity contribution in [3.05, 3.63) is 24.3 Å². The Labute approximate surface area is 131 Å². The number of nitrogens with one attached hydrogen (secondary N) is 1. The highest BCUT2D eigenvalue weighted by Crippen LogP contribution is 2.26. The van der Waals surface area contributed by atoms with Crippen LogP contribution < -0.4 is 9.46 Å². The number of nitrogens with zero attached hydrogens (tertiary/aromatic N) is 1. The van der Waals surface area contributed by atoms with Crippen molar-refractivity contribution in [2.24, 2.45) is 0 Å². The Morgan fingerprint density at radius 3 is 2.27 bits per heavy atom. The molecule has 0 bridgehead atoms. The molecule has 124 valence electrons. The van der Waals surface area contributed by atoms with Gasteiger partial charge < -0.3 is 4.74 Å². The Morgan fingerprint density at radius 1 is 1.14 bits per heavy atom. The third-order valence-electron chi connectivity index (χ3n) is 3.57. The van der Waals surface area contributed by atoms with E-state index in [0.29, 0.717) is 25.9 Å². The topological polar surface area (TPSA) is 92.8 Å². The summed E-state index contributed by atoms with van der Waals surface area (Å²) < 4.78 is 56.4. The molecule has 0 aliphatic carbocycles. The number of benzene rings is 1. The first-order valence-electron chi connectivity index (χ1n) is 6.88. The number of piperidine rings is 1. The van der Waals surface area contributed by atoms with E-state index in [2.05, 4.69) is 4.72 Å². The van der Waals surface area contributed by atoms with Crippen molar-refractivity contribution >= 4 is 20.0 Å².